The molecular formula is C13H14BrNOS. The summed E-state index contributed by atoms with van der Waals surface area (Å²) >= 11 is 5.24. The summed E-state index contributed by atoms with van der Waals surface area (Å²) in [7, 11) is 1.67. The fourth-order valence-electron chi connectivity index (χ4n) is 1.75. The number of benzene rings is 1. The first kappa shape index (κ1) is 12.6. The fourth-order valence-corrected chi connectivity index (χ4v) is 3.33. The summed E-state index contributed by atoms with van der Waals surface area (Å²) in [6.07, 6.45) is 0.818. The highest BCUT2D eigenvalue weighted by atomic mass is 79.9. The van der Waals surface area contributed by atoms with Crippen LogP contribution in [-0.4, -0.2) is 7.11 Å². The van der Waals surface area contributed by atoms with E-state index in [1.807, 2.05) is 24.3 Å². The molecule has 0 radical (unpaired) electrons. The average molecular weight is 312 g/mol. The molecular weight excluding hydrogens is 298 g/mol. The first-order chi connectivity index (χ1) is 8.22. The van der Waals surface area contributed by atoms with Crippen molar-refractivity contribution in [2.24, 2.45) is 5.73 Å². The Morgan fingerprint density at radius 2 is 2.12 bits per heavy atom. The van der Waals surface area contributed by atoms with Gasteiger partial charge >= 0.3 is 0 Å². The number of hydrogen-bond acceptors (Lipinski definition) is 3. The number of halogens is 1. The lowest BCUT2D eigenvalue weighted by Gasteiger charge is -2.15. The lowest BCUT2D eigenvalue weighted by molar-refractivity contribution is 0.405. The predicted octanol–water partition coefficient (Wildman–Crippen LogP) is 3.76. The van der Waals surface area contributed by atoms with Gasteiger partial charge in [-0.15, -0.1) is 11.3 Å². The molecule has 1 heterocycles. The number of thiophene rings is 1. The summed E-state index contributed by atoms with van der Waals surface area (Å²) in [5.41, 5.74) is 7.29. The second kappa shape index (κ2) is 5.67. The Labute approximate surface area is 114 Å². The summed E-state index contributed by atoms with van der Waals surface area (Å²) in [6.45, 7) is 0. The van der Waals surface area contributed by atoms with Crippen LogP contribution in [0.4, 0.5) is 0 Å². The molecule has 0 amide bonds. The first-order valence-corrected chi connectivity index (χ1v) is 7.00. The molecule has 0 fully saturated rings. The molecule has 4 heteroatoms. The molecule has 0 aliphatic heterocycles. The van der Waals surface area contributed by atoms with Crippen LogP contribution in [0.2, 0.25) is 0 Å². The van der Waals surface area contributed by atoms with E-state index in [0.717, 1.165) is 22.2 Å². The predicted molar refractivity (Wildman–Crippen MR) is 75.6 cm³/mol. The van der Waals surface area contributed by atoms with Crippen LogP contribution in [0.5, 0.6) is 5.75 Å². The average Bonchev–Trinajstić information content (AvgIpc) is 2.75. The van der Waals surface area contributed by atoms with Crippen molar-refractivity contribution in [1.82, 2.24) is 0 Å². The van der Waals surface area contributed by atoms with Gasteiger partial charge in [0.15, 0.2) is 0 Å². The molecule has 0 bridgehead atoms. The van der Waals surface area contributed by atoms with Gasteiger partial charge in [0.2, 0.25) is 0 Å². The van der Waals surface area contributed by atoms with Gasteiger partial charge in [0.05, 0.1) is 7.11 Å². The van der Waals surface area contributed by atoms with Crippen molar-refractivity contribution < 1.29 is 4.74 Å². The zero-order chi connectivity index (χ0) is 12.3. The monoisotopic (exact) mass is 311 g/mol. The third-order valence-electron chi connectivity index (χ3n) is 2.63. The van der Waals surface area contributed by atoms with Crippen LogP contribution < -0.4 is 10.5 Å². The van der Waals surface area contributed by atoms with Gasteiger partial charge in [-0.3, -0.25) is 0 Å². The largest absolute Gasteiger partial charge is 0.496 e. The molecule has 1 unspecified atom stereocenters. The van der Waals surface area contributed by atoms with Crippen LogP contribution in [0.3, 0.4) is 0 Å². The van der Waals surface area contributed by atoms with E-state index < -0.39 is 0 Å². The molecule has 0 aliphatic carbocycles. The normalized spacial score (nSPS) is 12.4. The third kappa shape index (κ3) is 2.89. The highest BCUT2D eigenvalue weighted by Crippen LogP contribution is 2.30. The third-order valence-corrected chi connectivity index (χ3v) is 4.58. The van der Waals surface area contributed by atoms with Crippen molar-refractivity contribution in [3.05, 3.63) is 50.6 Å². The molecule has 2 nitrogen and oxygen atoms in total. The summed E-state index contributed by atoms with van der Waals surface area (Å²) in [5.74, 6) is 0.854. The summed E-state index contributed by atoms with van der Waals surface area (Å²) in [5, 5.41) is 2.06. The van der Waals surface area contributed by atoms with Crippen molar-refractivity contribution in [1.29, 1.82) is 0 Å². The van der Waals surface area contributed by atoms with Crippen molar-refractivity contribution >= 4 is 27.3 Å². The Morgan fingerprint density at radius 3 is 2.76 bits per heavy atom. The summed E-state index contributed by atoms with van der Waals surface area (Å²) in [4.78, 5) is 1.27. The Bertz CT molecular complexity index is 498. The lowest BCUT2D eigenvalue weighted by Crippen LogP contribution is -2.14. The maximum Gasteiger partial charge on any atom is 0.123 e. The molecule has 17 heavy (non-hydrogen) atoms. The minimum atomic E-state index is -0.0406. The van der Waals surface area contributed by atoms with E-state index in [9.17, 15) is 0 Å². The maximum atomic E-state index is 6.24. The zero-order valence-corrected chi connectivity index (χ0v) is 11.9. The minimum absolute atomic E-state index is 0.0406. The minimum Gasteiger partial charge on any atom is -0.496 e. The second-order valence-corrected chi connectivity index (χ2v) is 5.60. The molecule has 2 N–H and O–H groups in total. The van der Waals surface area contributed by atoms with E-state index in [2.05, 4.69) is 27.4 Å². The standard InChI is InChI=1S/C13H14BrNOS/c1-16-12-5-3-2-4-9(12)11(15)8-13-10(14)6-7-17-13/h2-7,11H,8,15H2,1H3. The van der Waals surface area contributed by atoms with E-state index >= 15 is 0 Å². The van der Waals surface area contributed by atoms with Gasteiger partial charge in [-0.2, -0.15) is 0 Å². The summed E-state index contributed by atoms with van der Waals surface area (Å²) in [6, 6.07) is 9.91. The number of hydrogen-bond donors (Lipinski definition) is 1. The quantitative estimate of drug-likeness (QED) is 0.933. The van der Waals surface area contributed by atoms with Gasteiger partial charge in [-0.1, -0.05) is 18.2 Å². The summed E-state index contributed by atoms with van der Waals surface area (Å²) < 4.78 is 6.46. The lowest BCUT2D eigenvalue weighted by atomic mass is 10.0. The van der Waals surface area contributed by atoms with Crippen molar-refractivity contribution in [3.63, 3.8) is 0 Å². The first-order valence-electron chi connectivity index (χ1n) is 5.32. The van der Waals surface area contributed by atoms with E-state index in [1.165, 1.54) is 4.88 Å². The number of para-hydroxylation sites is 1. The maximum absolute atomic E-state index is 6.24. The van der Waals surface area contributed by atoms with Crippen LogP contribution in [0, 0.1) is 0 Å². The number of nitrogens with two attached hydrogens (primary N) is 1. The Morgan fingerprint density at radius 1 is 1.35 bits per heavy atom. The van der Waals surface area contributed by atoms with Crippen molar-refractivity contribution in [3.8, 4) is 5.75 Å². The number of rotatable bonds is 4. The molecule has 2 rings (SSSR count). The molecule has 0 aliphatic rings. The Kier molecular flexibility index (Phi) is 4.20. The van der Waals surface area contributed by atoms with E-state index in [1.54, 1.807) is 18.4 Å². The van der Waals surface area contributed by atoms with Gasteiger partial charge in [-0.05, 0) is 33.4 Å². The molecule has 1 aromatic carbocycles. The van der Waals surface area contributed by atoms with Crippen LogP contribution in [0.15, 0.2) is 40.2 Å². The molecule has 2 aromatic rings. The van der Waals surface area contributed by atoms with Crippen molar-refractivity contribution in [2.75, 3.05) is 7.11 Å². The smallest absolute Gasteiger partial charge is 0.123 e. The zero-order valence-electron chi connectivity index (χ0n) is 9.52. The molecule has 0 saturated carbocycles. The molecule has 1 atom stereocenters. The van der Waals surface area contributed by atoms with Crippen LogP contribution in [-0.2, 0) is 6.42 Å². The Hall–Kier alpha value is -0.840. The van der Waals surface area contributed by atoms with Crippen molar-refractivity contribution in [2.45, 2.75) is 12.5 Å². The van der Waals surface area contributed by atoms with Gasteiger partial charge < -0.3 is 10.5 Å². The van der Waals surface area contributed by atoms with Crippen LogP contribution in [0.25, 0.3) is 0 Å². The van der Waals surface area contributed by atoms with Gasteiger partial charge in [-0.25, -0.2) is 0 Å². The molecule has 0 saturated heterocycles. The van der Waals surface area contributed by atoms with Crippen LogP contribution >= 0.6 is 27.3 Å². The molecule has 90 valence electrons. The highest BCUT2D eigenvalue weighted by molar-refractivity contribution is 9.10. The second-order valence-electron chi connectivity index (χ2n) is 3.74. The van der Waals surface area contributed by atoms with E-state index in [-0.39, 0.29) is 6.04 Å². The number of ether oxygens (including phenoxy) is 1. The fraction of sp³-hybridized carbons (Fsp3) is 0.231. The van der Waals surface area contributed by atoms with Gasteiger partial charge in [0, 0.05) is 27.4 Å². The van der Waals surface area contributed by atoms with Gasteiger partial charge in [0.1, 0.15) is 5.75 Å². The Balaban J connectivity index is 2.20. The molecule has 0 spiro atoms. The van der Waals surface area contributed by atoms with E-state index in [4.69, 9.17) is 10.5 Å². The number of methoxy groups -OCH3 is 1. The molecule has 1 aromatic heterocycles. The topological polar surface area (TPSA) is 35.2 Å². The van der Waals surface area contributed by atoms with Crippen LogP contribution in [0.1, 0.15) is 16.5 Å². The SMILES string of the molecule is COc1ccccc1C(N)Cc1sccc1Br. The van der Waals surface area contributed by atoms with Gasteiger partial charge in [0.25, 0.3) is 0 Å². The van der Waals surface area contributed by atoms with E-state index in [0.29, 0.717) is 0 Å². The highest BCUT2D eigenvalue weighted by Gasteiger charge is 2.14.